The van der Waals surface area contributed by atoms with Crippen molar-refractivity contribution >= 4 is 17.5 Å². The van der Waals surface area contributed by atoms with Gasteiger partial charge in [0.15, 0.2) is 6.79 Å². The summed E-state index contributed by atoms with van der Waals surface area (Å²) in [4.78, 5) is 25.4. The smallest absolute Gasteiger partial charge is 0.286 e. The van der Waals surface area contributed by atoms with Crippen molar-refractivity contribution in [3.63, 3.8) is 0 Å². The van der Waals surface area contributed by atoms with Crippen LogP contribution >= 0.6 is 0 Å². The van der Waals surface area contributed by atoms with E-state index in [0.717, 1.165) is 0 Å². The highest BCUT2D eigenvalue weighted by atomic mass is 16.8. The van der Waals surface area contributed by atoms with Crippen LogP contribution in [-0.2, 0) is 24.8 Å². The summed E-state index contributed by atoms with van der Waals surface area (Å²) < 4.78 is 10.2. The second-order valence-electron chi connectivity index (χ2n) is 4.48. The van der Waals surface area contributed by atoms with Crippen LogP contribution in [0.5, 0.6) is 0 Å². The molecule has 0 aliphatic carbocycles. The van der Waals surface area contributed by atoms with Crippen molar-refractivity contribution in [2.75, 3.05) is 18.7 Å². The first-order chi connectivity index (χ1) is 8.95. The van der Waals surface area contributed by atoms with Crippen molar-refractivity contribution in [2.24, 2.45) is 5.73 Å². The summed E-state index contributed by atoms with van der Waals surface area (Å²) in [6, 6.07) is 6.56. The third-order valence-electron chi connectivity index (χ3n) is 3.60. The molecular formula is C12H12N2O5. The third kappa shape index (κ3) is 1.17. The number of rotatable bonds is 1. The molecule has 2 heterocycles. The van der Waals surface area contributed by atoms with Crippen molar-refractivity contribution in [3.8, 4) is 0 Å². The zero-order valence-corrected chi connectivity index (χ0v) is 10.1. The van der Waals surface area contributed by atoms with Crippen LogP contribution in [0.3, 0.4) is 0 Å². The Morgan fingerprint density at radius 1 is 1.42 bits per heavy atom. The van der Waals surface area contributed by atoms with E-state index >= 15 is 0 Å². The Morgan fingerprint density at radius 2 is 2.11 bits per heavy atom. The number of aliphatic hydroxyl groups is 1. The van der Waals surface area contributed by atoms with E-state index in [-0.39, 0.29) is 5.56 Å². The summed E-state index contributed by atoms with van der Waals surface area (Å²) in [5, 5.41) is 10.7. The summed E-state index contributed by atoms with van der Waals surface area (Å²) in [6.45, 7) is -0.395. The minimum atomic E-state index is -2.24. The van der Waals surface area contributed by atoms with E-state index in [2.05, 4.69) is 0 Å². The molecule has 0 bridgehead atoms. The highest BCUT2D eigenvalue weighted by molar-refractivity contribution is 6.17. The number of primary amides is 1. The van der Waals surface area contributed by atoms with Crippen LogP contribution in [0.15, 0.2) is 24.3 Å². The first kappa shape index (κ1) is 12.1. The molecule has 2 unspecified atom stereocenters. The highest BCUT2D eigenvalue weighted by Crippen LogP contribution is 2.49. The molecule has 7 heteroatoms. The molecule has 2 aliphatic rings. The normalized spacial score (nSPS) is 32.9. The summed E-state index contributed by atoms with van der Waals surface area (Å²) in [5.41, 5.74) is 3.76. The summed E-state index contributed by atoms with van der Waals surface area (Å²) in [6.07, 6.45) is 0. The summed E-state index contributed by atoms with van der Waals surface area (Å²) >= 11 is 0. The Balaban J connectivity index is 2.35. The maximum absolute atomic E-state index is 12.4. The molecule has 0 aromatic heterocycles. The monoisotopic (exact) mass is 264 g/mol. The fourth-order valence-corrected chi connectivity index (χ4v) is 2.62. The Bertz CT molecular complexity index is 589. The summed E-state index contributed by atoms with van der Waals surface area (Å²) in [7, 11) is 1.48. The lowest BCUT2D eigenvalue weighted by Crippen LogP contribution is -2.69. The van der Waals surface area contributed by atoms with Crippen molar-refractivity contribution in [3.05, 3.63) is 29.8 Å². The molecule has 2 aliphatic heterocycles. The van der Waals surface area contributed by atoms with Crippen LogP contribution in [-0.4, -0.2) is 36.4 Å². The topological polar surface area (TPSA) is 102 Å². The van der Waals surface area contributed by atoms with Crippen molar-refractivity contribution in [1.82, 2.24) is 0 Å². The third-order valence-corrected chi connectivity index (χ3v) is 3.60. The van der Waals surface area contributed by atoms with Crippen LogP contribution in [0.25, 0.3) is 0 Å². The molecule has 0 saturated carbocycles. The van der Waals surface area contributed by atoms with Crippen LogP contribution in [0.2, 0.25) is 0 Å². The van der Waals surface area contributed by atoms with Gasteiger partial charge in [-0.25, -0.2) is 0 Å². The Hall–Kier alpha value is -1.96. The number of anilines is 1. The van der Waals surface area contributed by atoms with Crippen molar-refractivity contribution in [1.29, 1.82) is 0 Å². The second-order valence-corrected chi connectivity index (χ2v) is 4.48. The van der Waals surface area contributed by atoms with Crippen LogP contribution in [0, 0.1) is 0 Å². The molecule has 2 atom stereocenters. The van der Waals surface area contributed by atoms with Gasteiger partial charge in [-0.2, -0.15) is 0 Å². The van der Waals surface area contributed by atoms with Gasteiger partial charge in [0.2, 0.25) is 5.79 Å². The lowest BCUT2D eigenvalue weighted by atomic mass is 9.81. The Morgan fingerprint density at radius 3 is 2.79 bits per heavy atom. The molecule has 19 heavy (non-hydrogen) atoms. The fourth-order valence-electron chi connectivity index (χ4n) is 2.62. The highest BCUT2D eigenvalue weighted by Gasteiger charge is 2.71. The first-order valence-electron chi connectivity index (χ1n) is 5.63. The van der Waals surface area contributed by atoms with Gasteiger partial charge in [0.25, 0.3) is 17.4 Å². The number of likely N-dealkylation sites (N-methyl/N-ethyl adjacent to an activating group) is 1. The Kier molecular flexibility index (Phi) is 2.25. The fraction of sp³-hybridized carbons (Fsp3) is 0.333. The number of hydrogen-bond acceptors (Lipinski definition) is 5. The van der Waals surface area contributed by atoms with E-state index in [1.165, 1.54) is 11.9 Å². The van der Waals surface area contributed by atoms with E-state index in [1.54, 1.807) is 24.3 Å². The molecule has 1 fully saturated rings. The van der Waals surface area contributed by atoms with E-state index in [4.69, 9.17) is 15.2 Å². The van der Waals surface area contributed by atoms with E-state index in [9.17, 15) is 14.7 Å². The number of nitrogens with two attached hydrogens (primary N) is 1. The van der Waals surface area contributed by atoms with E-state index < -0.39 is 30.0 Å². The lowest BCUT2D eigenvalue weighted by Gasteiger charge is -2.43. The molecule has 0 radical (unpaired) electrons. The SMILES string of the molecule is CN1C(=O)C2(C(N)=O)OCOC2(O)c2ccccc21. The number of amides is 2. The van der Waals surface area contributed by atoms with Gasteiger partial charge in [0, 0.05) is 12.6 Å². The number of fused-ring (bicyclic) bond motifs is 3. The molecule has 3 N–H and O–H groups in total. The zero-order valence-electron chi connectivity index (χ0n) is 10.1. The van der Waals surface area contributed by atoms with Gasteiger partial charge in [0.1, 0.15) is 0 Å². The number of carbonyl (C=O) groups is 2. The number of ether oxygens (including phenoxy) is 2. The quantitative estimate of drug-likeness (QED) is 0.636. The summed E-state index contributed by atoms with van der Waals surface area (Å²) in [5.74, 6) is -4.03. The van der Waals surface area contributed by atoms with E-state index in [1.807, 2.05) is 0 Å². The van der Waals surface area contributed by atoms with Crippen LogP contribution in [0.1, 0.15) is 5.56 Å². The maximum Gasteiger partial charge on any atom is 0.286 e. The van der Waals surface area contributed by atoms with Gasteiger partial charge in [0.05, 0.1) is 5.69 Å². The van der Waals surface area contributed by atoms with Gasteiger partial charge in [-0.3, -0.25) is 9.59 Å². The maximum atomic E-state index is 12.4. The second kappa shape index (κ2) is 3.53. The molecule has 100 valence electrons. The minimum Gasteiger partial charge on any atom is -0.366 e. The predicted molar refractivity (Wildman–Crippen MR) is 62.7 cm³/mol. The number of carbonyl (C=O) groups excluding carboxylic acids is 2. The molecule has 1 saturated heterocycles. The molecule has 3 rings (SSSR count). The minimum absolute atomic E-state index is 0.272. The molecule has 7 nitrogen and oxygen atoms in total. The van der Waals surface area contributed by atoms with Gasteiger partial charge < -0.3 is 25.2 Å². The van der Waals surface area contributed by atoms with Crippen LogP contribution < -0.4 is 10.6 Å². The largest absolute Gasteiger partial charge is 0.366 e. The van der Waals surface area contributed by atoms with Crippen LogP contribution in [0.4, 0.5) is 5.69 Å². The number of hydrogen-bond donors (Lipinski definition) is 2. The van der Waals surface area contributed by atoms with E-state index in [0.29, 0.717) is 5.69 Å². The van der Waals surface area contributed by atoms with Gasteiger partial charge in [-0.1, -0.05) is 18.2 Å². The molecule has 1 aromatic rings. The zero-order chi connectivity index (χ0) is 13.8. The standard InChI is InChI=1S/C12H12N2O5/c1-14-8-5-3-2-4-7(8)12(17)11(9(13)15,10(14)16)18-6-19-12/h2-5,17H,6H2,1H3,(H2,13,15). The van der Waals surface area contributed by atoms with Gasteiger partial charge in [-0.15, -0.1) is 0 Å². The number of benzene rings is 1. The predicted octanol–water partition coefficient (Wildman–Crippen LogP) is -0.963. The lowest BCUT2D eigenvalue weighted by molar-refractivity contribution is -0.218. The number of nitrogens with zero attached hydrogens (tertiary/aromatic N) is 1. The van der Waals surface area contributed by atoms with Gasteiger partial charge in [-0.05, 0) is 6.07 Å². The molecule has 2 amide bonds. The average Bonchev–Trinajstić information content (AvgIpc) is 2.76. The van der Waals surface area contributed by atoms with Crippen molar-refractivity contribution in [2.45, 2.75) is 11.4 Å². The molecule has 1 aromatic carbocycles. The van der Waals surface area contributed by atoms with Gasteiger partial charge >= 0.3 is 0 Å². The molecular weight excluding hydrogens is 252 g/mol. The molecule has 0 spiro atoms. The average molecular weight is 264 g/mol. The number of para-hydroxylation sites is 1. The van der Waals surface area contributed by atoms with Crippen molar-refractivity contribution < 1.29 is 24.2 Å². The Labute approximate surface area is 108 Å². The first-order valence-corrected chi connectivity index (χ1v) is 5.63.